The van der Waals surface area contributed by atoms with Crippen molar-refractivity contribution in [3.05, 3.63) is 32.7 Å². The second kappa shape index (κ2) is 4.76. The fourth-order valence-corrected chi connectivity index (χ4v) is 2.45. The van der Waals surface area contributed by atoms with Gasteiger partial charge in [0, 0.05) is 27.0 Å². The lowest BCUT2D eigenvalue weighted by Gasteiger charge is -2.08. The SMILES string of the molecule is O=C(c1cc(Br)ccc1Br)C1CCOC1. The van der Waals surface area contributed by atoms with Crippen molar-refractivity contribution in [2.45, 2.75) is 6.42 Å². The molecule has 1 aliphatic rings. The van der Waals surface area contributed by atoms with Crippen LogP contribution in [0.15, 0.2) is 27.1 Å². The van der Waals surface area contributed by atoms with Crippen molar-refractivity contribution < 1.29 is 9.53 Å². The third-order valence-corrected chi connectivity index (χ3v) is 3.68. The lowest BCUT2D eigenvalue weighted by molar-refractivity contribution is 0.0899. The van der Waals surface area contributed by atoms with Gasteiger partial charge < -0.3 is 4.74 Å². The van der Waals surface area contributed by atoms with Gasteiger partial charge in [-0.3, -0.25) is 4.79 Å². The Bertz CT molecular complexity index is 384. The smallest absolute Gasteiger partial charge is 0.169 e. The van der Waals surface area contributed by atoms with E-state index in [-0.39, 0.29) is 11.7 Å². The van der Waals surface area contributed by atoms with Crippen LogP contribution in [0, 0.1) is 5.92 Å². The summed E-state index contributed by atoms with van der Waals surface area (Å²) >= 11 is 6.76. The minimum atomic E-state index is 0.0237. The van der Waals surface area contributed by atoms with Gasteiger partial charge in [0.15, 0.2) is 5.78 Å². The molecule has 80 valence electrons. The summed E-state index contributed by atoms with van der Waals surface area (Å²) in [4.78, 5) is 12.1. The fraction of sp³-hybridized carbons (Fsp3) is 0.364. The third-order valence-electron chi connectivity index (χ3n) is 2.49. The van der Waals surface area contributed by atoms with Crippen LogP contribution in [0.4, 0.5) is 0 Å². The molecule has 0 radical (unpaired) electrons. The van der Waals surface area contributed by atoms with Crippen molar-refractivity contribution in [3.8, 4) is 0 Å². The Morgan fingerprint density at radius 2 is 2.20 bits per heavy atom. The van der Waals surface area contributed by atoms with Crippen molar-refractivity contribution >= 4 is 37.6 Å². The number of rotatable bonds is 2. The summed E-state index contributed by atoms with van der Waals surface area (Å²) in [5.41, 5.74) is 0.736. The van der Waals surface area contributed by atoms with Crippen LogP contribution in [0.1, 0.15) is 16.8 Å². The van der Waals surface area contributed by atoms with Crippen LogP contribution in [-0.4, -0.2) is 19.0 Å². The highest BCUT2D eigenvalue weighted by molar-refractivity contribution is 9.11. The van der Waals surface area contributed by atoms with Crippen molar-refractivity contribution in [1.82, 2.24) is 0 Å². The number of hydrogen-bond donors (Lipinski definition) is 0. The molecule has 1 unspecified atom stereocenters. The van der Waals surface area contributed by atoms with Crippen molar-refractivity contribution in [2.75, 3.05) is 13.2 Å². The van der Waals surface area contributed by atoms with E-state index in [0.717, 1.165) is 20.9 Å². The minimum absolute atomic E-state index is 0.0237. The predicted molar refractivity (Wildman–Crippen MR) is 65.1 cm³/mol. The average molecular weight is 334 g/mol. The molecule has 1 fully saturated rings. The van der Waals surface area contributed by atoms with Gasteiger partial charge in [0.05, 0.1) is 6.61 Å². The second-order valence-electron chi connectivity index (χ2n) is 3.55. The van der Waals surface area contributed by atoms with Gasteiger partial charge in [-0.05, 0) is 24.6 Å². The van der Waals surface area contributed by atoms with Crippen LogP contribution >= 0.6 is 31.9 Å². The van der Waals surface area contributed by atoms with Crippen LogP contribution in [0.5, 0.6) is 0 Å². The zero-order chi connectivity index (χ0) is 10.8. The van der Waals surface area contributed by atoms with Gasteiger partial charge in [-0.25, -0.2) is 0 Å². The van der Waals surface area contributed by atoms with Crippen molar-refractivity contribution in [3.63, 3.8) is 0 Å². The molecule has 0 amide bonds. The lowest BCUT2D eigenvalue weighted by Crippen LogP contribution is -2.15. The molecule has 0 aromatic heterocycles. The van der Waals surface area contributed by atoms with Gasteiger partial charge in [0.2, 0.25) is 0 Å². The van der Waals surface area contributed by atoms with E-state index in [1.165, 1.54) is 0 Å². The largest absolute Gasteiger partial charge is 0.381 e. The number of benzene rings is 1. The molecule has 15 heavy (non-hydrogen) atoms. The molecule has 1 saturated heterocycles. The Morgan fingerprint density at radius 3 is 2.87 bits per heavy atom. The van der Waals surface area contributed by atoms with Gasteiger partial charge in [-0.2, -0.15) is 0 Å². The maximum atomic E-state index is 12.1. The fourth-order valence-electron chi connectivity index (χ4n) is 1.65. The number of ether oxygens (including phenoxy) is 1. The molecular weight excluding hydrogens is 324 g/mol. The molecule has 1 aliphatic heterocycles. The van der Waals surface area contributed by atoms with E-state index < -0.39 is 0 Å². The first-order valence-electron chi connectivity index (χ1n) is 4.75. The average Bonchev–Trinajstić information content (AvgIpc) is 2.74. The van der Waals surface area contributed by atoms with Crippen LogP contribution in [-0.2, 0) is 4.74 Å². The molecule has 1 atom stereocenters. The Labute approximate surface area is 105 Å². The summed E-state index contributed by atoms with van der Waals surface area (Å²) in [7, 11) is 0. The summed E-state index contributed by atoms with van der Waals surface area (Å²) in [6.45, 7) is 1.25. The van der Waals surface area contributed by atoms with Crippen molar-refractivity contribution in [2.24, 2.45) is 5.92 Å². The molecule has 1 aromatic carbocycles. The molecule has 2 nitrogen and oxygen atoms in total. The van der Waals surface area contributed by atoms with E-state index in [0.29, 0.717) is 13.2 Å². The van der Waals surface area contributed by atoms with E-state index in [1.807, 2.05) is 18.2 Å². The Morgan fingerprint density at radius 1 is 1.40 bits per heavy atom. The summed E-state index contributed by atoms with van der Waals surface area (Å²) in [6.07, 6.45) is 0.831. The summed E-state index contributed by atoms with van der Waals surface area (Å²) in [6, 6.07) is 5.64. The standard InChI is InChI=1S/C11H10Br2O2/c12-8-1-2-10(13)9(5-8)11(14)7-3-4-15-6-7/h1-2,5,7H,3-4,6H2. The van der Waals surface area contributed by atoms with E-state index >= 15 is 0 Å². The highest BCUT2D eigenvalue weighted by atomic mass is 79.9. The Hall–Kier alpha value is -0.190. The first kappa shape index (κ1) is 11.3. The van der Waals surface area contributed by atoms with Gasteiger partial charge in [0.1, 0.15) is 0 Å². The Balaban J connectivity index is 2.27. The summed E-state index contributed by atoms with van der Waals surface area (Å²) in [5.74, 6) is 0.191. The topological polar surface area (TPSA) is 26.3 Å². The van der Waals surface area contributed by atoms with Crippen LogP contribution < -0.4 is 0 Å². The molecule has 1 aromatic rings. The molecule has 0 saturated carbocycles. The number of carbonyl (C=O) groups excluding carboxylic acids is 1. The molecule has 0 bridgehead atoms. The molecule has 0 aliphatic carbocycles. The first-order valence-corrected chi connectivity index (χ1v) is 6.34. The number of ketones is 1. The molecule has 4 heteroatoms. The van der Waals surface area contributed by atoms with Gasteiger partial charge in [0.25, 0.3) is 0 Å². The highest BCUT2D eigenvalue weighted by Crippen LogP contribution is 2.26. The number of halogens is 2. The van der Waals surface area contributed by atoms with Crippen LogP contribution in [0.25, 0.3) is 0 Å². The monoisotopic (exact) mass is 332 g/mol. The molecule has 0 N–H and O–H groups in total. The number of carbonyl (C=O) groups is 1. The zero-order valence-corrected chi connectivity index (χ0v) is 11.2. The van der Waals surface area contributed by atoms with Crippen molar-refractivity contribution in [1.29, 1.82) is 0 Å². The molecule has 2 rings (SSSR count). The van der Waals surface area contributed by atoms with E-state index in [9.17, 15) is 4.79 Å². The summed E-state index contributed by atoms with van der Waals surface area (Å²) in [5, 5.41) is 0. The highest BCUT2D eigenvalue weighted by Gasteiger charge is 2.25. The quantitative estimate of drug-likeness (QED) is 0.775. The lowest BCUT2D eigenvalue weighted by atomic mass is 9.97. The first-order chi connectivity index (χ1) is 7.18. The maximum Gasteiger partial charge on any atom is 0.169 e. The third kappa shape index (κ3) is 2.49. The van der Waals surface area contributed by atoms with Crippen LogP contribution in [0.3, 0.4) is 0 Å². The number of hydrogen-bond acceptors (Lipinski definition) is 2. The molecule has 1 heterocycles. The van der Waals surface area contributed by atoms with E-state index in [1.54, 1.807) is 0 Å². The van der Waals surface area contributed by atoms with Gasteiger partial charge in [-0.1, -0.05) is 31.9 Å². The van der Waals surface area contributed by atoms with Gasteiger partial charge in [-0.15, -0.1) is 0 Å². The predicted octanol–water partition coefficient (Wildman–Crippen LogP) is 3.43. The number of Topliss-reactive ketones (excluding diaryl/α,β-unsaturated/α-hetero) is 1. The van der Waals surface area contributed by atoms with Gasteiger partial charge >= 0.3 is 0 Å². The second-order valence-corrected chi connectivity index (χ2v) is 5.32. The normalized spacial score (nSPS) is 20.5. The summed E-state index contributed by atoms with van der Waals surface area (Å²) < 4.78 is 7.00. The van der Waals surface area contributed by atoms with Crippen LogP contribution in [0.2, 0.25) is 0 Å². The van der Waals surface area contributed by atoms with E-state index in [2.05, 4.69) is 31.9 Å². The zero-order valence-electron chi connectivity index (χ0n) is 8.00. The Kier molecular flexibility index (Phi) is 3.59. The minimum Gasteiger partial charge on any atom is -0.381 e. The molecular formula is C11H10Br2O2. The van der Waals surface area contributed by atoms with E-state index in [4.69, 9.17) is 4.74 Å². The maximum absolute atomic E-state index is 12.1. The molecule has 0 spiro atoms.